The number of halogens is 5. The van der Waals surface area contributed by atoms with E-state index < -0.39 is 41.9 Å². The predicted molar refractivity (Wildman–Crippen MR) is 126 cm³/mol. The first kappa shape index (κ1) is 26.6. The number of aromatic nitrogens is 5. The Morgan fingerprint density at radius 2 is 1.95 bits per heavy atom. The summed E-state index contributed by atoms with van der Waals surface area (Å²) in [6, 6.07) is -0.997. The molecule has 3 aliphatic rings. The summed E-state index contributed by atoms with van der Waals surface area (Å²) in [7, 11) is 0. The van der Waals surface area contributed by atoms with Gasteiger partial charge in [-0.05, 0) is 61.2 Å². The molecule has 2 amide bonds. The minimum absolute atomic E-state index is 0.0467. The molecule has 4 heterocycles. The van der Waals surface area contributed by atoms with E-state index >= 15 is 0 Å². The monoisotopic (exact) mass is 567 g/mol. The first-order valence-electron chi connectivity index (χ1n) is 13.2. The number of fused-ring (bicyclic) bond motifs is 1. The van der Waals surface area contributed by atoms with Crippen molar-refractivity contribution in [2.75, 3.05) is 0 Å². The summed E-state index contributed by atoms with van der Waals surface area (Å²) in [6.07, 6.45) is -0.381. The highest BCUT2D eigenvalue weighted by molar-refractivity contribution is 5.93. The third kappa shape index (κ3) is 5.37. The quantitative estimate of drug-likeness (QED) is 0.415. The number of imidazole rings is 1. The van der Waals surface area contributed by atoms with E-state index in [1.54, 1.807) is 12.3 Å². The van der Waals surface area contributed by atoms with Gasteiger partial charge in [0, 0.05) is 24.7 Å². The van der Waals surface area contributed by atoms with Crippen LogP contribution in [0.15, 0.2) is 23.1 Å². The summed E-state index contributed by atoms with van der Waals surface area (Å²) < 4.78 is 73.3. The molecule has 40 heavy (non-hydrogen) atoms. The molecule has 0 radical (unpaired) electrons. The van der Waals surface area contributed by atoms with Crippen molar-refractivity contribution in [2.24, 2.45) is 11.8 Å². The first-order valence-corrected chi connectivity index (χ1v) is 13.2. The fourth-order valence-corrected chi connectivity index (χ4v) is 5.63. The van der Waals surface area contributed by atoms with Gasteiger partial charge in [0.1, 0.15) is 11.7 Å². The molecule has 15 heteroatoms. The van der Waals surface area contributed by atoms with E-state index in [1.165, 1.54) is 10.7 Å². The van der Waals surface area contributed by atoms with Crippen LogP contribution in [-0.4, -0.2) is 54.9 Å². The fourth-order valence-electron chi connectivity index (χ4n) is 5.63. The molecule has 2 aliphatic carbocycles. The summed E-state index contributed by atoms with van der Waals surface area (Å²) in [5, 5.41) is 16.8. The minimum Gasteiger partial charge on any atom is -0.344 e. The number of rotatable bonds is 7. The molecule has 3 fully saturated rings. The Morgan fingerprint density at radius 3 is 2.62 bits per heavy atom. The standard InChI is InChI=1S/C25H26F5N7O3/c26-24(27)5-3-14(4-6-24)19(34-23(39)21-20(13-1-2-13)35-40-36-21)16-11-37-18(32-16)8-12(10-31-37)7-15-9-17(25(28,29)30)33-22(15)38/h8,10-11,13-15,17,19H,1-7,9H2,(H,33,38)(H,34,39)/t15-,17+,19-/m0/s1. The number of alkyl halides is 5. The number of nitrogens with zero attached hydrogens (tertiary/aromatic N) is 5. The van der Waals surface area contributed by atoms with Crippen LogP contribution in [0.1, 0.15) is 84.3 Å². The smallest absolute Gasteiger partial charge is 0.344 e. The van der Waals surface area contributed by atoms with Gasteiger partial charge in [-0.2, -0.15) is 18.3 Å². The topological polar surface area (TPSA) is 127 Å². The Labute approximate surface area is 224 Å². The van der Waals surface area contributed by atoms with Gasteiger partial charge in [0.2, 0.25) is 11.8 Å². The molecular formula is C25H26F5N7O3. The molecular weight excluding hydrogens is 541 g/mol. The highest BCUT2D eigenvalue weighted by atomic mass is 19.4. The fraction of sp³-hybridized carbons (Fsp3) is 0.600. The van der Waals surface area contributed by atoms with Crippen LogP contribution in [0.25, 0.3) is 5.65 Å². The Kier molecular flexibility index (Phi) is 6.49. The molecule has 214 valence electrons. The molecule has 10 nitrogen and oxygen atoms in total. The van der Waals surface area contributed by atoms with E-state index in [0.717, 1.165) is 12.8 Å². The average Bonchev–Trinajstić information content (AvgIpc) is 3.28. The van der Waals surface area contributed by atoms with E-state index in [4.69, 9.17) is 4.63 Å². The third-order valence-electron chi connectivity index (χ3n) is 8.01. The van der Waals surface area contributed by atoms with Gasteiger partial charge < -0.3 is 10.6 Å². The minimum atomic E-state index is -4.52. The predicted octanol–water partition coefficient (Wildman–Crippen LogP) is 3.90. The van der Waals surface area contributed by atoms with Gasteiger partial charge in [-0.3, -0.25) is 9.59 Å². The lowest BCUT2D eigenvalue weighted by atomic mass is 9.81. The van der Waals surface area contributed by atoms with Crippen molar-refractivity contribution in [1.29, 1.82) is 0 Å². The molecule has 3 aromatic heterocycles. The zero-order valence-electron chi connectivity index (χ0n) is 21.1. The molecule has 0 aromatic carbocycles. The molecule has 1 aliphatic heterocycles. The Morgan fingerprint density at radius 1 is 1.20 bits per heavy atom. The van der Waals surface area contributed by atoms with Gasteiger partial charge in [-0.1, -0.05) is 5.16 Å². The van der Waals surface area contributed by atoms with Crippen LogP contribution >= 0.6 is 0 Å². The highest BCUT2D eigenvalue weighted by Gasteiger charge is 2.47. The van der Waals surface area contributed by atoms with Crippen LogP contribution in [-0.2, 0) is 11.2 Å². The van der Waals surface area contributed by atoms with Crippen molar-refractivity contribution in [3.8, 4) is 0 Å². The Hall–Kier alpha value is -3.65. The zero-order chi connectivity index (χ0) is 28.2. The molecule has 3 atom stereocenters. The molecule has 1 saturated heterocycles. The summed E-state index contributed by atoms with van der Waals surface area (Å²) >= 11 is 0. The Bertz CT molecular complexity index is 1420. The second kappa shape index (κ2) is 9.77. The molecule has 2 saturated carbocycles. The molecule has 6 rings (SSSR count). The van der Waals surface area contributed by atoms with Gasteiger partial charge in [0.05, 0.1) is 24.1 Å². The number of amides is 2. The number of carbonyl (C=O) groups is 2. The zero-order valence-corrected chi connectivity index (χ0v) is 21.1. The number of hydrogen-bond donors (Lipinski definition) is 2. The molecule has 0 unspecified atom stereocenters. The maximum absolute atomic E-state index is 13.9. The lowest BCUT2D eigenvalue weighted by Crippen LogP contribution is -2.38. The maximum atomic E-state index is 13.9. The van der Waals surface area contributed by atoms with E-state index in [0.29, 0.717) is 22.6 Å². The van der Waals surface area contributed by atoms with Crippen LogP contribution in [0.3, 0.4) is 0 Å². The molecule has 0 spiro atoms. The van der Waals surface area contributed by atoms with Crippen molar-refractivity contribution in [1.82, 2.24) is 35.5 Å². The van der Waals surface area contributed by atoms with Gasteiger partial charge in [-0.25, -0.2) is 22.9 Å². The van der Waals surface area contributed by atoms with E-state index in [-0.39, 0.29) is 56.1 Å². The van der Waals surface area contributed by atoms with Crippen molar-refractivity contribution in [2.45, 2.75) is 81.5 Å². The van der Waals surface area contributed by atoms with Gasteiger partial charge in [0.25, 0.3) is 5.91 Å². The largest absolute Gasteiger partial charge is 0.408 e. The second-order valence-electron chi connectivity index (χ2n) is 11.0. The van der Waals surface area contributed by atoms with Crippen LogP contribution in [0.2, 0.25) is 0 Å². The molecule has 3 aromatic rings. The van der Waals surface area contributed by atoms with Crippen LogP contribution in [0.5, 0.6) is 0 Å². The second-order valence-corrected chi connectivity index (χ2v) is 11.0. The van der Waals surface area contributed by atoms with Crippen molar-refractivity contribution < 1.29 is 36.2 Å². The maximum Gasteiger partial charge on any atom is 0.408 e. The summed E-state index contributed by atoms with van der Waals surface area (Å²) in [4.78, 5) is 29.9. The number of hydrogen-bond acceptors (Lipinski definition) is 7. The van der Waals surface area contributed by atoms with Crippen LogP contribution in [0, 0.1) is 11.8 Å². The van der Waals surface area contributed by atoms with E-state index in [2.05, 4.69) is 25.7 Å². The Balaban J connectivity index is 1.24. The highest BCUT2D eigenvalue weighted by Crippen LogP contribution is 2.43. The normalized spacial score (nSPS) is 24.3. The summed E-state index contributed by atoms with van der Waals surface area (Å²) in [5.41, 5.74) is 1.79. The lowest BCUT2D eigenvalue weighted by Gasteiger charge is -2.33. The number of carbonyl (C=O) groups excluding carboxylic acids is 2. The van der Waals surface area contributed by atoms with Crippen molar-refractivity contribution in [3.63, 3.8) is 0 Å². The van der Waals surface area contributed by atoms with Crippen LogP contribution in [0.4, 0.5) is 22.0 Å². The third-order valence-corrected chi connectivity index (χ3v) is 8.01. The lowest BCUT2D eigenvalue weighted by molar-refractivity contribution is -0.154. The number of nitrogens with one attached hydrogen (secondary N) is 2. The molecule has 0 bridgehead atoms. The first-order chi connectivity index (χ1) is 19.0. The van der Waals surface area contributed by atoms with E-state index in [9.17, 15) is 31.5 Å². The average molecular weight is 568 g/mol. The van der Waals surface area contributed by atoms with Gasteiger partial charge in [0.15, 0.2) is 11.3 Å². The summed E-state index contributed by atoms with van der Waals surface area (Å²) in [6.45, 7) is 0. The van der Waals surface area contributed by atoms with Crippen molar-refractivity contribution >= 4 is 17.5 Å². The van der Waals surface area contributed by atoms with Gasteiger partial charge in [-0.15, -0.1) is 0 Å². The van der Waals surface area contributed by atoms with E-state index in [1.807, 2.05) is 5.32 Å². The van der Waals surface area contributed by atoms with Crippen LogP contribution < -0.4 is 10.6 Å². The SMILES string of the molecule is O=C(N[C@H](c1cn2ncc(C[C@H]3C[C@H](C(F)(F)F)NC3=O)cc2n1)C1CCC(F)(F)CC1)c1nonc1C1CC1. The van der Waals surface area contributed by atoms with Gasteiger partial charge >= 0.3 is 6.18 Å². The molecule has 2 N–H and O–H groups in total. The summed E-state index contributed by atoms with van der Waals surface area (Å²) in [5.74, 6) is -5.08. The van der Waals surface area contributed by atoms with Crippen molar-refractivity contribution in [3.05, 3.63) is 41.1 Å².